The number of carbonyl (C=O) groups is 2. The average molecular weight is 256 g/mol. The van der Waals surface area contributed by atoms with E-state index >= 15 is 0 Å². The summed E-state index contributed by atoms with van der Waals surface area (Å²) in [5, 5.41) is 2.78. The lowest BCUT2D eigenvalue weighted by Crippen LogP contribution is -2.59. The highest BCUT2D eigenvalue weighted by molar-refractivity contribution is 5.95. The van der Waals surface area contributed by atoms with Gasteiger partial charge in [-0.3, -0.25) is 9.59 Å². The van der Waals surface area contributed by atoms with Crippen LogP contribution in [0.5, 0.6) is 0 Å². The molecule has 0 spiro atoms. The predicted molar refractivity (Wildman–Crippen MR) is 63.9 cm³/mol. The molecule has 6 heteroatoms. The molecule has 1 N–H and O–H groups in total. The fourth-order valence-electron chi connectivity index (χ4n) is 2.09. The Balaban J connectivity index is 1.75. The number of ether oxygens (including phenoxy) is 2. The maximum absolute atomic E-state index is 12.1. The number of hydrogen-bond donors (Lipinski definition) is 1. The fraction of sp³-hybridized carbons (Fsp3) is 0.833. The Labute approximate surface area is 107 Å². The third kappa shape index (κ3) is 3.43. The Bertz CT molecular complexity index is 317. The van der Waals surface area contributed by atoms with E-state index in [0.29, 0.717) is 32.3 Å². The Morgan fingerprint density at radius 2 is 2.06 bits per heavy atom. The van der Waals surface area contributed by atoms with E-state index in [4.69, 9.17) is 9.47 Å². The number of rotatable bonds is 7. The maximum atomic E-state index is 12.1. The Morgan fingerprint density at radius 1 is 1.28 bits per heavy atom. The van der Waals surface area contributed by atoms with E-state index < -0.39 is 0 Å². The van der Waals surface area contributed by atoms with E-state index in [1.54, 1.807) is 12.0 Å². The number of nitrogens with zero attached hydrogens (tertiary/aromatic N) is 1. The molecule has 1 heterocycles. The van der Waals surface area contributed by atoms with E-state index in [1.807, 2.05) is 0 Å². The van der Waals surface area contributed by atoms with Crippen molar-refractivity contribution >= 4 is 11.8 Å². The van der Waals surface area contributed by atoms with Crippen molar-refractivity contribution in [2.45, 2.75) is 18.9 Å². The predicted octanol–water partition coefficient (Wildman–Crippen LogP) is -0.614. The van der Waals surface area contributed by atoms with Crippen LogP contribution in [-0.4, -0.2) is 62.8 Å². The van der Waals surface area contributed by atoms with Crippen molar-refractivity contribution in [2.24, 2.45) is 5.92 Å². The maximum Gasteiger partial charge on any atom is 0.245 e. The van der Waals surface area contributed by atoms with Gasteiger partial charge in [-0.15, -0.1) is 0 Å². The van der Waals surface area contributed by atoms with Crippen molar-refractivity contribution in [1.82, 2.24) is 10.2 Å². The van der Waals surface area contributed by atoms with Crippen LogP contribution in [0.4, 0.5) is 0 Å². The van der Waals surface area contributed by atoms with Gasteiger partial charge in [0.1, 0.15) is 6.04 Å². The first-order valence-electron chi connectivity index (χ1n) is 6.37. The van der Waals surface area contributed by atoms with Crippen LogP contribution in [0.15, 0.2) is 0 Å². The minimum absolute atomic E-state index is 0.0347. The van der Waals surface area contributed by atoms with Crippen LogP contribution in [0, 0.1) is 5.92 Å². The van der Waals surface area contributed by atoms with Gasteiger partial charge < -0.3 is 19.7 Å². The summed E-state index contributed by atoms with van der Waals surface area (Å²) in [6.07, 6.45) is 2.07. The molecule has 6 nitrogen and oxygen atoms in total. The monoisotopic (exact) mass is 256 g/mol. The molecule has 1 aliphatic heterocycles. The largest absolute Gasteiger partial charge is 0.382 e. The van der Waals surface area contributed by atoms with Gasteiger partial charge in [0, 0.05) is 13.7 Å². The molecule has 0 aromatic carbocycles. The second kappa shape index (κ2) is 6.15. The normalized spacial score (nSPS) is 24.3. The molecule has 2 rings (SSSR count). The number of nitrogens with one attached hydrogen (secondary N) is 1. The molecule has 0 bridgehead atoms. The van der Waals surface area contributed by atoms with E-state index in [2.05, 4.69) is 5.32 Å². The third-order valence-electron chi connectivity index (χ3n) is 3.26. The van der Waals surface area contributed by atoms with Gasteiger partial charge in [0.05, 0.1) is 26.4 Å². The summed E-state index contributed by atoms with van der Waals surface area (Å²) in [4.78, 5) is 25.2. The highest BCUT2D eigenvalue weighted by Gasteiger charge is 2.42. The first-order valence-corrected chi connectivity index (χ1v) is 6.37. The van der Waals surface area contributed by atoms with E-state index in [1.165, 1.54) is 0 Å². The van der Waals surface area contributed by atoms with E-state index in [9.17, 15) is 9.59 Å². The smallest absolute Gasteiger partial charge is 0.245 e. The summed E-state index contributed by atoms with van der Waals surface area (Å²) in [6.45, 7) is 2.12. The summed E-state index contributed by atoms with van der Waals surface area (Å²) in [7, 11) is 1.61. The summed E-state index contributed by atoms with van der Waals surface area (Å²) in [5.74, 6) is 0.314. The topological polar surface area (TPSA) is 67.9 Å². The molecule has 2 aliphatic rings. The summed E-state index contributed by atoms with van der Waals surface area (Å²) in [5.41, 5.74) is 0. The lowest BCUT2D eigenvalue weighted by Gasteiger charge is -2.32. The standard InChI is InChI=1S/C12H20N2O4/c1-17-6-7-18-5-4-14-8-10(15)13-11(12(14)16)9-2-3-9/h9,11H,2-8H2,1H3,(H,13,15). The van der Waals surface area contributed by atoms with Gasteiger partial charge >= 0.3 is 0 Å². The van der Waals surface area contributed by atoms with Crippen molar-refractivity contribution in [3.05, 3.63) is 0 Å². The van der Waals surface area contributed by atoms with Crippen molar-refractivity contribution < 1.29 is 19.1 Å². The number of piperazine rings is 1. The van der Waals surface area contributed by atoms with Crippen molar-refractivity contribution in [2.75, 3.05) is 40.0 Å². The van der Waals surface area contributed by atoms with Crippen LogP contribution in [0.3, 0.4) is 0 Å². The number of carbonyl (C=O) groups excluding carboxylic acids is 2. The molecule has 2 fully saturated rings. The molecule has 1 saturated carbocycles. The Hall–Kier alpha value is -1.14. The van der Waals surface area contributed by atoms with Crippen LogP contribution in [0.1, 0.15) is 12.8 Å². The minimum Gasteiger partial charge on any atom is -0.382 e. The first kappa shape index (κ1) is 13.3. The van der Waals surface area contributed by atoms with E-state index in [-0.39, 0.29) is 24.4 Å². The molecule has 102 valence electrons. The van der Waals surface area contributed by atoms with Crippen LogP contribution in [0.25, 0.3) is 0 Å². The van der Waals surface area contributed by atoms with Crippen molar-refractivity contribution in [3.8, 4) is 0 Å². The van der Waals surface area contributed by atoms with Gasteiger partial charge in [-0.2, -0.15) is 0 Å². The molecular weight excluding hydrogens is 236 g/mol. The molecule has 2 amide bonds. The molecule has 18 heavy (non-hydrogen) atoms. The number of amides is 2. The van der Waals surface area contributed by atoms with Crippen molar-refractivity contribution in [1.29, 1.82) is 0 Å². The van der Waals surface area contributed by atoms with E-state index in [0.717, 1.165) is 12.8 Å². The second-order valence-corrected chi connectivity index (χ2v) is 4.75. The molecule has 1 saturated heterocycles. The highest BCUT2D eigenvalue weighted by Crippen LogP contribution is 2.34. The van der Waals surface area contributed by atoms with Gasteiger partial charge in [-0.25, -0.2) is 0 Å². The molecular formula is C12H20N2O4. The summed E-state index contributed by atoms with van der Waals surface area (Å²) < 4.78 is 10.2. The fourth-order valence-corrected chi connectivity index (χ4v) is 2.09. The van der Waals surface area contributed by atoms with Crippen molar-refractivity contribution in [3.63, 3.8) is 0 Å². The SMILES string of the molecule is COCCOCCN1CC(=O)NC(C2CC2)C1=O. The molecule has 1 unspecified atom stereocenters. The number of methoxy groups -OCH3 is 1. The third-order valence-corrected chi connectivity index (χ3v) is 3.26. The van der Waals surface area contributed by atoms with Gasteiger partial charge in [-0.1, -0.05) is 0 Å². The van der Waals surface area contributed by atoms with Gasteiger partial charge in [-0.05, 0) is 18.8 Å². The quantitative estimate of drug-likeness (QED) is 0.617. The van der Waals surface area contributed by atoms with Gasteiger partial charge in [0.25, 0.3) is 0 Å². The lowest BCUT2D eigenvalue weighted by atomic mass is 10.1. The molecule has 0 aromatic heterocycles. The highest BCUT2D eigenvalue weighted by atomic mass is 16.5. The molecule has 1 aliphatic carbocycles. The number of hydrogen-bond acceptors (Lipinski definition) is 4. The van der Waals surface area contributed by atoms with Crippen LogP contribution in [-0.2, 0) is 19.1 Å². The average Bonchev–Trinajstić information content (AvgIpc) is 3.17. The summed E-state index contributed by atoms with van der Waals surface area (Å²) in [6, 6.07) is -0.301. The zero-order valence-electron chi connectivity index (χ0n) is 10.7. The zero-order chi connectivity index (χ0) is 13.0. The van der Waals surface area contributed by atoms with Crippen LogP contribution in [0.2, 0.25) is 0 Å². The Kier molecular flexibility index (Phi) is 4.54. The van der Waals surface area contributed by atoms with Gasteiger partial charge in [0.2, 0.25) is 11.8 Å². The minimum atomic E-state index is -0.301. The summed E-state index contributed by atoms with van der Waals surface area (Å²) >= 11 is 0. The molecule has 0 aromatic rings. The molecule has 0 radical (unpaired) electrons. The lowest BCUT2D eigenvalue weighted by molar-refractivity contribution is -0.145. The zero-order valence-corrected chi connectivity index (χ0v) is 10.7. The van der Waals surface area contributed by atoms with Gasteiger partial charge in [0.15, 0.2) is 0 Å². The first-order chi connectivity index (χ1) is 8.72. The second-order valence-electron chi connectivity index (χ2n) is 4.75. The van der Waals surface area contributed by atoms with Crippen LogP contribution >= 0.6 is 0 Å². The Morgan fingerprint density at radius 3 is 2.72 bits per heavy atom. The molecule has 1 atom stereocenters. The van der Waals surface area contributed by atoms with Crippen LogP contribution < -0.4 is 5.32 Å².